The first-order chi connectivity index (χ1) is 16.1. The molecular formula is C28H40N4O2. The van der Waals surface area contributed by atoms with Gasteiger partial charge in [-0.15, -0.1) is 0 Å². The summed E-state index contributed by atoms with van der Waals surface area (Å²) in [5.74, 6) is 0.0817. The largest absolute Gasteiger partial charge is 0.348 e. The van der Waals surface area contributed by atoms with Crippen molar-refractivity contribution in [3.05, 3.63) is 69.8 Å². The van der Waals surface area contributed by atoms with Crippen LogP contribution >= 0.6 is 0 Å². The molecule has 0 aliphatic carbocycles. The molecule has 1 fully saturated rings. The number of amides is 2. The Kier molecular flexibility index (Phi) is 8.86. The van der Waals surface area contributed by atoms with E-state index in [-0.39, 0.29) is 23.9 Å². The highest BCUT2D eigenvalue weighted by Gasteiger charge is 2.22. The number of carbonyl (C=O) groups is 2. The summed E-state index contributed by atoms with van der Waals surface area (Å²) in [6.45, 7) is 16.3. The molecule has 2 aromatic rings. The van der Waals surface area contributed by atoms with Crippen molar-refractivity contribution >= 4 is 11.8 Å². The number of nitrogens with zero attached hydrogens (tertiary/aromatic N) is 2. The molecule has 184 valence electrons. The molecule has 2 aromatic carbocycles. The number of hydrogen-bond acceptors (Lipinski definition) is 4. The number of rotatable bonds is 8. The van der Waals surface area contributed by atoms with E-state index in [0.717, 1.165) is 37.3 Å². The van der Waals surface area contributed by atoms with Crippen LogP contribution in [-0.4, -0.2) is 60.9 Å². The van der Waals surface area contributed by atoms with Crippen molar-refractivity contribution in [3.63, 3.8) is 0 Å². The molecule has 1 heterocycles. The first-order valence-electron chi connectivity index (χ1n) is 12.3. The fraction of sp³-hybridized carbons (Fsp3) is 0.500. The lowest BCUT2D eigenvalue weighted by Gasteiger charge is -2.34. The van der Waals surface area contributed by atoms with E-state index in [2.05, 4.69) is 84.5 Å². The second kappa shape index (κ2) is 11.6. The smallest absolute Gasteiger partial charge is 0.234 e. The van der Waals surface area contributed by atoms with E-state index in [1.807, 2.05) is 13.8 Å². The third-order valence-corrected chi connectivity index (χ3v) is 7.02. The number of hydrogen-bond donors (Lipinski definition) is 2. The minimum Gasteiger partial charge on any atom is -0.348 e. The zero-order chi connectivity index (χ0) is 24.8. The molecule has 0 saturated carbocycles. The van der Waals surface area contributed by atoms with Crippen LogP contribution in [-0.2, 0) is 9.59 Å². The van der Waals surface area contributed by atoms with Crippen molar-refractivity contribution in [1.82, 2.24) is 20.4 Å². The van der Waals surface area contributed by atoms with Gasteiger partial charge in [-0.05, 0) is 74.9 Å². The molecule has 0 aromatic heterocycles. The Labute approximate surface area is 204 Å². The monoisotopic (exact) mass is 464 g/mol. The molecular weight excluding hydrogens is 424 g/mol. The summed E-state index contributed by atoms with van der Waals surface area (Å²) >= 11 is 0. The highest BCUT2D eigenvalue weighted by molar-refractivity contribution is 5.79. The molecule has 3 rings (SSSR count). The van der Waals surface area contributed by atoms with Gasteiger partial charge in [0.1, 0.15) is 0 Å². The molecule has 34 heavy (non-hydrogen) atoms. The molecule has 0 bridgehead atoms. The van der Waals surface area contributed by atoms with E-state index >= 15 is 0 Å². The molecule has 6 nitrogen and oxygen atoms in total. The summed E-state index contributed by atoms with van der Waals surface area (Å²) in [7, 11) is 0. The van der Waals surface area contributed by atoms with Gasteiger partial charge < -0.3 is 10.6 Å². The minimum atomic E-state index is -0.0175. The van der Waals surface area contributed by atoms with E-state index in [1.54, 1.807) is 0 Å². The maximum absolute atomic E-state index is 12.6. The van der Waals surface area contributed by atoms with Crippen molar-refractivity contribution in [3.8, 4) is 0 Å². The fourth-order valence-electron chi connectivity index (χ4n) is 4.32. The highest BCUT2D eigenvalue weighted by Crippen LogP contribution is 2.18. The van der Waals surface area contributed by atoms with Crippen molar-refractivity contribution in [2.75, 3.05) is 39.3 Å². The Morgan fingerprint density at radius 3 is 1.35 bits per heavy atom. The average Bonchev–Trinajstić information content (AvgIpc) is 2.78. The van der Waals surface area contributed by atoms with Gasteiger partial charge >= 0.3 is 0 Å². The lowest BCUT2D eigenvalue weighted by Crippen LogP contribution is -2.51. The van der Waals surface area contributed by atoms with Crippen LogP contribution in [0.3, 0.4) is 0 Å². The van der Waals surface area contributed by atoms with E-state index in [0.29, 0.717) is 13.1 Å². The van der Waals surface area contributed by atoms with Crippen LogP contribution in [0.5, 0.6) is 0 Å². The number of nitrogens with one attached hydrogen (secondary N) is 2. The van der Waals surface area contributed by atoms with E-state index in [4.69, 9.17) is 0 Å². The predicted octanol–water partition coefficient (Wildman–Crippen LogP) is 3.59. The average molecular weight is 465 g/mol. The summed E-state index contributed by atoms with van der Waals surface area (Å²) in [6, 6.07) is 12.6. The van der Waals surface area contributed by atoms with Gasteiger partial charge in [0, 0.05) is 26.2 Å². The van der Waals surface area contributed by atoms with Crippen LogP contribution in [0, 0.1) is 27.7 Å². The van der Waals surface area contributed by atoms with Gasteiger partial charge in [0.05, 0.1) is 25.2 Å². The second-order valence-electron chi connectivity index (χ2n) is 9.82. The summed E-state index contributed by atoms with van der Waals surface area (Å²) in [5, 5.41) is 6.24. The van der Waals surface area contributed by atoms with Crippen LogP contribution in [0.15, 0.2) is 36.4 Å². The van der Waals surface area contributed by atoms with Gasteiger partial charge in [0.2, 0.25) is 11.8 Å². The van der Waals surface area contributed by atoms with Crippen molar-refractivity contribution in [2.24, 2.45) is 0 Å². The quantitative estimate of drug-likeness (QED) is 0.627. The van der Waals surface area contributed by atoms with Crippen molar-refractivity contribution in [2.45, 2.75) is 53.6 Å². The third kappa shape index (κ3) is 7.15. The van der Waals surface area contributed by atoms with Crippen LogP contribution < -0.4 is 10.6 Å². The number of piperazine rings is 1. The van der Waals surface area contributed by atoms with E-state index < -0.39 is 0 Å². The SMILES string of the molecule is Cc1ccc(C(C)NC(=O)CN2CCN(CC(=O)NC(C)c3ccc(C)c(C)c3)CC2)cc1C. The van der Waals surface area contributed by atoms with Crippen LogP contribution in [0.4, 0.5) is 0 Å². The molecule has 0 radical (unpaired) electrons. The highest BCUT2D eigenvalue weighted by atomic mass is 16.2. The van der Waals surface area contributed by atoms with E-state index in [1.165, 1.54) is 22.3 Å². The van der Waals surface area contributed by atoms with Crippen LogP contribution in [0.25, 0.3) is 0 Å². The Balaban J connectivity index is 1.39. The number of carbonyl (C=O) groups excluding carboxylic acids is 2. The standard InChI is InChI=1S/C28H40N4O2/c1-19-7-9-25(15-21(19)3)23(5)29-27(33)17-31-11-13-32(14-12-31)18-28(34)30-24(6)26-10-8-20(2)22(4)16-26/h7-10,15-16,23-24H,11-14,17-18H2,1-6H3,(H,29,33)(H,30,34). The first-order valence-corrected chi connectivity index (χ1v) is 12.3. The molecule has 1 aliphatic heterocycles. The summed E-state index contributed by atoms with van der Waals surface area (Å²) in [4.78, 5) is 29.5. The van der Waals surface area contributed by atoms with Crippen molar-refractivity contribution in [1.29, 1.82) is 0 Å². The first kappa shape index (κ1) is 25.9. The van der Waals surface area contributed by atoms with Gasteiger partial charge in [-0.3, -0.25) is 19.4 Å². The normalized spacial score (nSPS) is 16.6. The van der Waals surface area contributed by atoms with Crippen molar-refractivity contribution < 1.29 is 9.59 Å². The van der Waals surface area contributed by atoms with Gasteiger partial charge in [0.15, 0.2) is 0 Å². The Hall–Kier alpha value is -2.70. The zero-order valence-electron chi connectivity index (χ0n) is 21.6. The molecule has 1 saturated heterocycles. The molecule has 0 spiro atoms. The maximum Gasteiger partial charge on any atom is 0.234 e. The predicted molar refractivity (Wildman–Crippen MR) is 138 cm³/mol. The number of aryl methyl sites for hydroxylation is 4. The number of benzene rings is 2. The fourth-order valence-corrected chi connectivity index (χ4v) is 4.32. The molecule has 6 heteroatoms. The minimum absolute atomic E-state index is 0.0175. The second-order valence-corrected chi connectivity index (χ2v) is 9.82. The topological polar surface area (TPSA) is 64.7 Å². The summed E-state index contributed by atoms with van der Waals surface area (Å²) in [6.07, 6.45) is 0. The molecule has 1 aliphatic rings. The van der Waals surface area contributed by atoms with E-state index in [9.17, 15) is 9.59 Å². The Bertz CT molecular complexity index is 930. The molecule has 2 N–H and O–H groups in total. The molecule has 2 atom stereocenters. The van der Waals surface area contributed by atoms with Gasteiger partial charge in [-0.1, -0.05) is 36.4 Å². The summed E-state index contributed by atoms with van der Waals surface area (Å²) in [5.41, 5.74) is 7.25. The Morgan fingerprint density at radius 2 is 1.03 bits per heavy atom. The lowest BCUT2D eigenvalue weighted by molar-refractivity contribution is -0.125. The van der Waals surface area contributed by atoms with Gasteiger partial charge in [-0.25, -0.2) is 0 Å². The maximum atomic E-state index is 12.6. The Morgan fingerprint density at radius 1 is 0.676 bits per heavy atom. The molecule has 2 unspecified atom stereocenters. The van der Waals surface area contributed by atoms with Gasteiger partial charge in [0.25, 0.3) is 0 Å². The van der Waals surface area contributed by atoms with Gasteiger partial charge in [-0.2, -0.15) is 0 Å². The van der Waals surface area contributed by atoms with Crippen LogP contribution in [0.2, 0.25) is 0 Å². The summed E-state index contributed by atoms with van der Waals surface area (Å²) < 4.78 is 0. The third-order valence-electron chi connectivity index (χ3n) is 7.02. The van der Waals surface area contributed by atoms with Crippen LogP contribution in [0.1, 0.15) is 59.3 Å². The zero-order valence-corrected chi connectivity index (χ0v) is 21.6. The lowest BCUT2D eigenvalue weighted by atomic mass is 10.0. The molecule has 2 amide bonds.